The van der Waals surface area contributed by atoms with Crippen molar-refractivity contribution in [1.29, 1.82) is 0 Å². The number of carbonyl (C=O) groups is 2. The summed E-state index contributed by atoms with van der Waals surface area (Å²) in [5.74, 6) is -0.876. The van der Waals surface area contributed by atoms with Crippen LogP contribution in [0, 0.1) is 5.82 Å². The van der Waals surface area contributed by atoms with E-state index in [1.54, 1.807) is 30.0 Å². The van der Waals surface area contributed by atoms with Crippen LogP contribution in [-0.2, 0) is 4.79 Å². The SMILES string of the molecule is C[C@@H]1C(=O)N(c2ccccc2Cl)CCN1C(=O)c1ccc(F)cc1. The summed E-state index contributed by atoms with van der Waals surface area (Å²) < 4.78 is 13.0. The van der Waals surface area contributed by atoms with Crippen LogP contribution in [0.4, 0.5) is 10.1 Å². The molecule has 0 aliphatic carbocycles. The number of rotatable bonds is 2. The van der Waals surface area contributed by atoms with E-state index in [9.17, 15) is 14.0 Å². The average Bonchev–Trinajstić information content (AvgIpc) is 2.58. The summed E-state index contributed by atoms with van der Waals surface area (Å²) in [5, 5.41) is 0.497. The van der Waals surface area contributed by atoms with Crippen molar-refractivity contribution in [3.05, 3.63) is 64.9 Å². The zero-order chi connectivity index (χ0) is 17.3. The van der Waals surface area contributed by atoms with Gasteiger partial charge in [-0.15, -0.1) is 0 Å². The monoisotopic (exact) mass is 346 g/mol. The molecule has 2 aromatic rings. The fourth-order valence-electron chi connectivity index (χ4n) is 2.82. The lowest BCUT2D eigenvalue weighted by atomic mass is 10.1. The smallest absolute Gasteiger partial charge is 0.254 e. The number of halogens is 2. The molecule has 24 heavy (non-hydrogen) atoms. The number of benzene rings is 2. The Kier molecular flexibility index (Phi) is 4.53. The molecular formula is C18H16ClFN2O2. The van der Waals surface area contributed by atoms with Crippen LogP contribution in [0.3, 0.4) is 0 Å². The maximum atomic E-state index is 13.0. The van der Waals surface area contributed by atoms with Gasteiger partial charge in [0.2, 0.25) is 5.91 Å². The van der Waals surface area contributed by atoms with Crippen LogP contribution >= 0.6 is 11.6 Å². The van der Waals surface area contributed by atoms with Gasteiger partial charge in [-0.25, -0.2) is 4.39 Å². The molecule has 0 bridgehead atoms. The molecule has 3 rings (SSSR count). The highest BCUT2D eigenvalue weighted by Crippen LogP contribution is 2.28. The highest BCUT2D eigenvalue weighted by atomic mass is 35.5. The van der Waals surface area contributed by atoms with E-state index in [1.165, 1.54) is 29.2 Å². The summed E-state index contributed by atoms with van der Waals surface area (Å²) in [4.78, 5) is 28.4. The molecule has 0 unspecified atom stereocenters. The Labute approximate surface area is 144 Å². The second kappa shape index (κ2) is 6.61. The molecule has 0 radical (unpaired) electrons. The van der Waals surface area contributed by atoms with Gasteiger partial charge in [-0.1, -0.05) is 23.7 Å². The maximum absolute atomic E-state index is 13.0. The second-order valence-corrected chi connectivity index (χ2v) is 6.03. The molecule has 1 aliphatic heterocycles. The molecule has 124 valence electrons. The van der Waals surface area contributed by atoms with E-state index in [4.69, 9.17) is 11.6 Å². The largest absolute Gasteiger partial charge is 0.325 e. The Morgan fingerprint density at radius 1 is 1.12 bits per heavy atom. The quantitative estimate of drug-likeness (QED) is 0.836. The molecule has 1 atom stereocenters. The molecule has 0 saturated carbocycles. The highest BCUT2D eigenvalue weighted by molar-refractivity contribution is 6.33. The Hall–Kier alpha value is -2.40. The molecular weight excluding hydrogens is 331 g/mol. The Bertz CT molecular complexity index is 779. The molecule has 1 saturated heterocycles. The minimum atomic E-state index is -0.618. The normalized spacial score (nSPS) is 18.0. The van der Waals surface area contributed by atoms with E-state index in [-0.39, 0.29) is 11.8 Å². The fraction of sp³-hybridized carbons (Fsp3) is 0.222. The third kappa shape index (κ3) is 2.99. The van der Waals surface area contributed by atoms with Crippen LogP contribution in [0.2, 0.25) is 5.02 Å². The number of anilines is 1. The molecule has 0 spiro atoms. The molecule has 1 fully saturated rings. The standard InChI is InChI=1S/C18H16ClFN2O2/c1-12-17(23)22(16-5-3-2-4-15(16)19)11-10-21(12)18(24)13-6-8-14(20)9-7-13/h2-9,12H,10-11H2,1H3/t12-/m1/s1. The number of para-hydroxylation sites is 1. The van der Waals surface area contributed by atoms with Gasteiger partial charge in [-0.05, 0) is 43.3 Å². The Balaban J connectivity index is 1.81. The summed E-state index contributed by atoms with van der Waals surface area (Å²) in [7, 11) is 0. The topological polar surface area (TPSA) is 40.6 Å². The Morgan fingerprint density at radius 3 is 2.46 bits per heavy atom. The lowest BCUT2D eigenvalue weighted by molar-refractivity contribution is -0.124. The molecule has 0 N–H and O–H groups in total. The third-order valence-electron chi connectivity index (χ3n) is 4.15. The van der Waals surface area contributed by atoms with Crippen LogP contribution < -0.4 is 4.90 Å². The van der Waals surface area contributed by atoms with Gasteiger partial charge < -0.3 is 9.80 Å². The van der Waals surface area contributed by atoms with Gasteiger partial charge in [0.25, 0.3) is 5.91 Å². The predicted molar refractivity (Wildman–Crippen MR) is 90.7 cm³/mol. The van der Waals surface area contributed by atoms with Gasteiger partial charge in [-0.2, -0.15) is 0 Å². The molecule has 2 amide bonds. The fourth-order valence-corrected chi connectivity index (χ4v) is 3.05. The number of piperazine rings is 1. The number of hydrogen-bond donors (Lipinski definition) is 0. The molecule has 1 aliphatic rings. The lowest BCUT2D eigenvalue weighted by Gasteiger charge is -2.39. The van der Waals surface area contributed by atoms with Crippen molar-refractivity contribution in [1.82, 2.24) is 4.90 Å². The van der Waals surface area contributed by atoms with Crippen LogP contribution in [0.1, 0.15) is 17.3 Å². The van der Waals surface area contributed by atoms with Crippen molar-refractivity contribution in [2.45, 2.75) is 13.0 Å². The van der Waals surface area contributed by atoms with Gasteiger partial charge in [0, 0.05) is 18.7 Å². The summed E-state index contributed by atoms with van der Waals surface area (Å²) in [6, 6.07) is 11.8. The first kappa shape index (κ1) is 16.5. The first-order valence-electron chi connectivity index (χ1n) is 7.61. The maximum Gasteiger partial charge on any atom is 0.254 e. The van der Waals surface area contributed by atoms with Gasteiger partial charge in [0.1, 0.15) is 11.9 Å². The van der Waals surface area contributed by atoms with Gasteiger partial charge in [-0.3, -0.25) is 9.59 Å². The van der Waals surface area contributed by atoms with Gasteiger partial charge in [0.15, 0.2) is 0 Å². The van der Waals surface area contributed by atoms with E-state index >= 15 is 0 Å². The van der Waals surface area contributed by atoms with Crippen LogP contribution in [-0.4, -0.2) is 35.8 Å². The van der Waals surface area contributed by atoms with Crippen molar-refractivity contribution in [2.75, 3.05) is 18.0 Å². The summed E-state index contributed by atoms with van der Waals surface area (Å²) in [6.45, 7) is 2.43. The van der Waals surface area contributed by atoms with Gasteiger partial charge >= 0.3 is 0 Å². The molecule has 2 aromatic carbocycles. The van der Waals surface area contributed by atoms with Crippen LogP contribution in [0.25, 0.3) is 0 Å². The number of hydrogen-bond acceptors (Lipinski definition) is 2. The molecule has 4 nitrogen and oxygen atoms in total. The number of nitrogens with zero attached hydrogens (tertiary/aromatic N) is 2. The van der Waals surface area contributed by atoms with E-state index in [1.807, 2.05) is 6.07 Å². The third-order valence-corrected chi connectivity index (χ3v) is 4.47. The Morgan fingerprint density at radius 2 is 1.79 bits per heavy atom. The van der Waals surface area contributed by atoms with E-state index in [0.717, 1.165) is 0 Å². The van der Waals surface area contributed by atoms with Crippen LogP contribution in [0.15, 0.2) is 48.5 Å². The first-order valence-corrected chi connectivity index (χ1v) is 7.99. The molecule has 6 heteroatoms. The summed E-state index contributed by atoms with van der Waals surface area (Å²) in [5.41, 5.74) is 1.01. The number of carbonyl (C=O) groups excluding carboxylic acids is 2. The van der Waals surface area contributed by atoms with Crippen molar-refractivity contribution < 1.29 is 14.0 Å². The second-order valence-electron chi connectivity index (χ2n) is 5.62. The summed E-state index contributed by atoms with van der Waals surface area (Å²) in [6.07, 6.45) is 0. The lowest BCUT2D eigenvalue weighted by Crippen LogP contribution is -2.57. The molecule has 0 aromatic heterocycles. The van der Waals surface area contributed by atoms with Crippen molar-refractivity contribution in [3.8, 4) is 0 Å². The van der Waals surface area contributed by atoms with E-state index < -0.39 is 11.9 Å². The summed E-state index contributed by atoms with van der Waals surface area (Å²) >= 11 is 6.17. The van der Waals surface area contributed by atoms with Gasteiger partial charge in [0.05, 0.1) is 10.7 Å². The highest BCUT2D eigenvalue weighted by Gasteiger charge is 2.35. The van der Waals surface area contributed by atoms with E-state index in [2.05, 4.69) is 0 Å². The zero-order valence-corrected chi connectivity index (χ0v) is 13.8. The minimum absolute atomic E-state index is 0.190. The van der Waals surface area contributed by atoms with Crippen molar-refractivity contribution in [2.24, 2.45) is 0 Å². The minimum Gasteiger partial charge on any atom is -0.325 e. The zero-order valence-electron chi connectivity index (χ0n) is 13.1. The van der Waals surface area contributed by atoms with Crippen molar-refractivity contribution >= 4 is 29.1 Å². The van der Waals surface area contributed by atoms with Crippen LogP contribution in [0.5, 0.6) is 0 Å². The average molecular weight is 347 g/mol. The first-order chi connectivity index (χ1) is 11.5. The van der Waals surface area contributed by atoms with Crippen molar-refractivity contribution in [3.63, 3.8) is 0 Å². The molecule has 1 heterocycles. The van der Waals surface area contributed by atoms with E-state index in [0.29, 0.717) is 29.4 Å². The predicted octanol–water partition coefficient (Wildman–Crippen LogP) is 3.36. The number of amides is 2.